The summed E-state index contributed by atoms with van der Waals surface area (Å²) in [5, 5.41) is 15.3. The Morgan fingerprint density at radius 3 is 1.51 bits per heavy atom. The predicted molar refractivity (Wildman–Crippen MR) is 161 cm³/mol. The number of rotatable bonds is 23. The van der Waals surface area contributed by atoms with Gasteiger partial charge in [0.15, 0.2) is 0 Å². The number of nitrogens with one attached hydrogen (secondary N) is 2. The molecule has 6 nitrogen and oxygen atoms in total. The number of carbonyl (C=O) groups is 1. The summed E-state index contributed by atoms with van der Waals surface area (Å²) in [5.41, 5.74) is 0. The van der Waals surface area contributed by atoms with Crippen LogP contribution in [-0.2, 0) is 0 Å². The van der Waals surface area contributed by atoms with Crippen molar-refractivity contribution in [3.63, 3.8) is 0 Å². The van der Waals surface area contributed by atoms with Crippen LogP contribution in [0.5, 0.6) is 23.0 Å². The first kappa shape index (κ1) is 32.3. The summed E-state index contributed by atoms with van der Waals surface area (Å²) in [5.74, 6) is 2.50. The number of carbonyl (C=O) groups excluding carboxylic acids is 1. The van der Waals surface area contributed by atoms with Gasteiger partial charge in [0.25, 0.3) is 0 Å². The maximum atomic E-state index is 11.8. The first-order valence-corrected chi connectivity index (χ1v) is 15.4. The van der Waals surface area contributed by atoms with Crippen LogP contribution >= 0.6 is 0 Å². The van der Waals surface area contributed by atoms with Gasteiger partial charge in [0.2, 0.25) is 0 Å². The lowest BCUT2D eigenvalue weighted by Crippen LogP contribution is -2.36. The molecule has 6 heteroatoms. The van der Waals surface area contributed by atoms with Crippen LogP contribution in [0.15, 0.2) is 48.5 Å². The Morgan fingerprint density at radius 2 is 1.00 bits per heavy atom. The highest BCUT2D eigenvalue weighted by atomic mass is 16.5. The number of phenolic OH excluding ortho intramolecular Hbond substituents is 1. The Morgan fingerprint density at radius 1 is 0.590 bits per heavy atom. The molecule has 0 spiro atoms. The van der Waals surface area contributed by atoms with Crippen LogP contribution in [0.1, 0.15) is 110 Å². The fourth-order valence-corrected chi connectivity index (χ4v) is 4.46. The van der Waals surface area contributed by atoms with E-state index < -0.39 is 0 Å². The highest BCUT2D eigenvalue weighted by Crippen LogP contribution is 2.25. The summed E-state index contributed by atoms with van der Waals surface area (Å²) in [6.07, 6.45) is 19.8. The van der Waals surface area contributed by atoms with Gasteiger partial charge in [0, 0.05) is 13.1 Å². The van der Waals surface area contributed by atoms with Gasteiger partial charge in [-0.1, -0.05) is 90.4 Å². The van der Waals surface area contributed by atoms with Gasteiger partial charge in [-0.15, -0.1) is 0 Å². The van der Waals surface area contributed by atoms with Crippen LogP contribution in [-0.4, -0.2) is 30.8 Å². The van der Waals surface area contributed by atoms with E-state index in [1.165, 1.54) is 83.5 Å². The molecule has 2 aromatic rings. The zero-order valence-corrected chi connectivity index (χ0v) is 24.2. The number of phenols is 1. The quantitative estimate of drug-likeness (QED) is 0.123. The normalized spacial score (nSPS) is 10.8. The molecule has 0 aromatic heterocycles. The van der Waals surface area contributed by atoms with Gasteiger partial charge in [-0.3, -0.25) is 0 Å². The van der Waals surface area contributed by atoms with E-state index in [1.807, 2.05) is 24.3 Å². The molecule has 0 aliphatic rings. The van der Waals surface area contributed by atoms with Gasteiger partial charge in [0.05, 0.1) is 6.61 Å². The molecule has 0 fully saturated rings. The lowest BCUT2D eigenvalue weighted by molar-refractivity contribution is 0.240. The van der Waals surface area contributed by atoms with Crippen molar-refractivity contribution in [3.05, 3.63) is 48.5 Å². The van der Waals surface area contributed by atoms with E-state index >= 15 is 0 Å². The van der Waals surface area contributed by atoms with Crippen molar-refractivity contribution in [2.24, 2.45) is 0 Å². The topological polar surface area (TPSA) is 79.8 Å². The van der Waals surface area contributed by atoms with Gasteiger partial charge in [-0.25, -0.2) is 4.79 Å². The minimum absolute atomic E-state index is 0.0153. The second-order valence-electron chi connectivity index (χ2n) is 10.4. The minimum atomic E-state index is -0.0153. The largest absolute Gasteiger partial charge is 0.508 e. The molecule has 218 valence electrons. The Bertz CT molecular complexity index is 855. The number of aromatic hydroxyl groups is 1. The van der Waals surface area contributed by atoms with Gasteiger partial charge < -0.3 is 25.2 Å². The third-order valence-electron chi connectivity index (χ3n) is 6.84. The molecule has 0 atom stereocenters. The Balaban J connectivity index is 1.32. The van der Waals surface area contributed by atoms with Gasteiger partial charge in [-0.2, -0.15) is 0 Å². The molecule has 2 aromatic carbocycles. The Hall–Kier alpha value is -2.89. The summed E-state index contributed by atoms with van der Waals surface area (Å²) in [7, 11) is 0. The highest BCUT2D eigenvalue weighted by Gasteiger charge is 2.01. The SMILES string of the molecule is CCCCCCCCCCNC(=O)NCCCCCCCCCCOc1ccc(Oc2ccc(O)cc2)cc1. The molecule has 3 N–H and O–H groups in total. The number of hydrogen-bond acceptors (Lipinski definition) is 4. The average molecular weight is 541 g/mol. The summed E-state index contributed by atoms with van der Waals surface area (Å²) in [6, 6.07) is 14.3. The smallest absolute Gasteiger partial charge is 0.314 e. The minimum Gasteiger partial charge on any atom is -0.508 e. The van der Waals surface area contributed by atoms with Crippen molar-refractivity contribution in [2.75, 3.05) is 19.7 Å². The summed E-state index contributed by atoms with van der Waals surface area (Å²) < 4.78 is 11.6. The van der Waals surface area contributed by atoms with Crippen molar-refractivity contribution in [3.8, 4) is 23.0 Å². The summed E-state index contributed by atoms with van der Waals surface area (Å²) in [6.45, 7) is 4.53. The molecule has 0 bridgehead atoms. The van der Waals surface area contributed by atoms with Crippen molar-refractivity contribution in [2.45, 2.75) is 110 Å². The van der Waals surface area contributed by atoms with Crippen molar-refractivity contribution < 1.29 is 19.4 Å². The fourth-order valence-electron chi connectivity index (χ4n) is 4.46. The van der Waals surface area contributed by atoms with E-state index in [-0.39, 0.29) is 11.8 Å². The van der Waals surface area contributed by atoms with Crippen LogP contribution in [0.3, 0.4) is 0 Å². The molecule has 0 saturated heterocycles. The molecule has 2 amide bonds. The summed E-state index contributed by atoms with van der Waals surface area (Å²) >= 11 is 0. The molecular weight excluding hydrogens is 488 g/mol. The van der Waals surface area contributed by atoms with Gasteiger partial charge >= 0.3 is 6.03 Å². The van der Waals surface area contributed by atoms with E-state index in [0.29, 0.717) is 5.75 Å². The van der Waals surface area contributed by atoms with Crippen molar-refractivity contribution >= 4 is 6.03 Å². The maximum absolute atomic E-state index is 11.8. The first-order chi connectivity index (χ1) is 19.2. The molecule has 0 saturated carbocycles. The standard InChI is InChI=1S/C33H52N2O4/c1-2-3-4-5-6-9-12-15-26-34-33(37)35-27-16-13-10-7-8-11-14-17-28-38-30-22-24-32(25-23-30)39-31-20-18-29(36)19-21-31/h18-25,36H,2-17,26-28H2,1H3,(H2,34,35,37). The average Bonchev–Trinajstić information content (AvgIpc) is 2.95. The van der Waals surface area contributed by atoms with E-state index in [9.17, 15) is 9.90 Å². The van der Waals surface area contributed by atoms with E-state index in [1.54, 1.807) is 24.3 Å². The third kappa shape index (κ3) is 17.3. The van der Waals surface area contributed by atoms with Gasteiger partial charge in [0.1, 0.15) is 23.0 Å². The number of ether oxygens (including phenoxy) is 2. The number of urea groups is 1. The molecule has 39 heavy (non-hydrogen) atoms. The predicted octanol–water partition coefficient (Wildman–Crippen LogP) is 9.12. The molecule has 2 rings (SSSR count). The maximum Gasteiger partial charge on any atom is 0.314 e. The monoisotopic (exact) mass is 540 g/mol. The molecule has 0 unspecified atom stereocenters. The first-order valence-electron chi connectivity index (χ1n) is 15.4. The van der Waals surface area contributed by atoms with Crippen LogP contribution in [0.25, 0.3) is 0 Å². The van der Waals surface area contributed by atoms with E-state index in [4.69, 9.17) is 9.47 Å². The van der Waals surface area contributed by atoms with E-state index in [2.05, 4.69) is 17.6 Å². The molecule has 0 heterocycles. The third-order valence-corrected chi connectivity index (χ3v) is 6.84. The lowest BCUT2D eigenvalue weighted by Gasteiger charge is -2.09. The van der Waals surface area contributed by atoms with Gasteiger partial charge in [-0.05, 0) is 67.8 Å². The van der Waals surface area contributed by atoms with Crippen LogP contribution in [0.2, 0.25) is 0 Å². The number of benzene rings is 2. The van der Waals surface area contributed by atoms with Crippen LogP contribution in [0, 0.1) is 0 Å². The fraction of sp³-hybridized carbons (Fsp3) is 0.606. The number of unbranched alkanes of at least 4 members (excludes halogenated alkanes) is 14. The Kier molecular flexibility index (Phi) is 18.2. The zero-order valence-electron chi connectivity index (χ0n) is 24.2. The number of amides is 2. The van der Waals surface area contributed by atoms with Crippen molar-refractivity contribution in [1.29, 1.82) is 0 Å². The molecule has 0 aliphatic heterocycles. The van der Waals surface area contributed by atoms with Crippen LogP contribution < -0.4 is 20.1 Å². The highest BCUT2D eigenvalue weighted by molar-refractivity contribution is 5.73. The van der Waals surface area contributed by atoms with Crippen LogP contribution in [0.4, 0.5) is 4.79 Å². The zero-order chi connectivity index (χ0) is 27.8. The molecule has 0 radical (unpaired) electrons. The summed E-state index contributed by atoms with van der Waals surface area (Å²) in [4.78, 5) is 11.8. The lowest BCUT2D eigenvalue weighted by atomic mass is 10.1. The molecule has 0 aliphatic carbocycles. The van der Waals surface area contributed by atoms with E-state index in [0.717, 1.165) is 50.5 Å². The second kappa shape index (κ2) is 22.0. The Labute approximate surface area is 236 Å². The molecular formula is C33H52N2O4. The second-order valence-corrected chi connectivity index (χ2v) is 10.4. The van der Waals surface area contributed by atoms with Crippen molar-refractivity contribution in [1.82, 2.24) is 10.6 Å². The number of hydrogen-bond donors (Lipinski definition) is 3.